The molecule has 0 aliphatic rings. The zero-order valence-corrected chi connectivity index (χ0v) is 18.2. The lowest BCUT2D eigenvalue weighted by Gasteiger charge is -2.01. The normalized spacial score (nSPS) is 11.8. The average molecular weight is 434 g/mol. The Kier molecular flexibility index (Phi) is 3.88. The summed E-state index contributed by atoms with van der Waals surface area (Å²) in [6, 6.07) is 36.0. The summed E-state index contributed by atoms with van der Waals surface area (Å²) in [6.07, 6.45) is 0. The highest BCUT2D eigenvalue weighted by Crippen LogP contribution is 2.34. The zero-order chi connectivity index (χ0) is 22.8. The van der Waals surface area contributed by atoms with Crippen molar-refractivity contribution in [3.63, 3.8) is 0 Å². The highest BCUT2D eigenvalue weighted by Gasteiger charge is 2.17. The molecule has 0 heterocycles. The van der Waals surface area contributed by atoms with Crippen LogP contribution < -0.4 is 10.9 Å². The van der Waals surface area contributed by atoms with Gasteiger partial charge in [-0.05, 0) is 68.1 Å². The summed E-state index contributed by atoms with van der Waals surface area (Å²) in [7, 11) is 0. The lowest BCUT2D eigenvalue weighted by atomic mass is 10.0. The van der Waals surface area contributed by atoms with Gasteiger partial charge in [0.25, 0.3) is 0 Å². The van der Waals surface area contributed by atoms with E-state index in [-0.39, 0.29) is 10.9 Å². The SMILES string of the molecule is O=c1c2cc(-c3ccccc3)ccc2c2cc3c(=O)c4cc(-c5ccccc5)ccc4c3cc12. The smallest absolute Gasteiger partial charge is 0.194 e. The van der Waals surface area contributed by atoms with Crippen LogP contribution in [0.4, 0.5) is 0 Å². The maximum Gasteiger partial charge on any atom is 0.194 e. The Hall–Kier alpha value is -4.56. The summed E-state index contributed by atoms with van der Waals surface area (Å²) in [5.41, 5.74) is 4.23. The van der Waals surface area contributed by atoms with Crippen molar-refractivity contribution in [2.75, 3.05) is 0 Å². The van der Waals surface area contributed by atoms with Gasteiger partial charge in [0.15, 0.2) is 10.9 Å². The molecule has 0 saturated carbocycles. The first-order valence-electron chi connectivity index (χ1n) is 11.4. The van der Waals surface area contributed by atoms with Crippen LogP contribution in [0.2, 0.25) is 0 Å². The summed E-state index contributed by atoms with van der Waals surface area (Å²) < 4.78 is 0. The molecule has 0 N–H and O–H groups in total. The van der Waals surface area contributed by atoms with E-state index in [0.29, 0.717) is 21.5 Å². The third-order valence-corrected chi connectivity index (χ3v) is 6.97. The molecule has 0 unspecified atom stereocenters. The predicted molar refractivity (Wildman–Crippen MR) is 142 cm³/mol. The van der Waals surface area contributed by atoms with Gasteiger partial charge in [-0.2, -0.15) is 0 Å². The second kappa shape index (κ2) is 6.97. The fourth-order valence-electron chi connectivity index (χ4n) is 5.27. The van der Waals surface area contributed by atoms with Gasteiger partial charge in [0.1, 0.15) is 0 Å². The first-order chi connectivity index (χ1) is 16.7. The second-order valence-corrected chi connectivity index (χ2v) is 8.85. The van der Waals surface area contributed by atoms with Gasteiger partial charge in [-0.3, -0.25) is 9.59 Å². The fourth-order valence-corrected chi connectivity index (χ4v) is 5.27. The van der Waals surface area contributed by atoms with E-state index in [1.807, 2.05) is 109 Å². The molecular formula is C32H18O2. The summed E-state index contributed by atoms with van der Waals surface area (Å²) in [5, 5.41) is 6.25. The zero-order valence-electron chi connectivity index (χ0n) is 18.2. The first-order valence-corrected chi connectivity index (χ1v) is 11.4. The summed E-state index contributed by atoms with van der Waals surface area (Å²) in [6.45, 7) is 0. The minimum atomic E-state index is 0.0207. The first kappa shape index (κ1) is 19.0. The van der Waals surface area contributed by atoms with Crippen LogP contribution in [-0.4, -0.2) is 0 Å². The minimum absolute atomic E-state index is 0.0207. The standard InChI is InChI=1S/C32H18O2/c33-31-27-15-21(19-7-3-1-4-8-19)11-13-23(27)25-17-30-26(18-29(25)31)24-14-12-22(16-28(24)32(30)34)20-9-5-2-6-10-20/h1-18H. The maximum absolute atomic E-state index is 13.4. The fraction of sp³-hybridized carbons (Fsp3) is 0. The van der Waals surface area contributed by atoms with E-state index in [1.165, 1.54) is 0 Å². The molecule has 7 aromatic rings. The molecule has 0 aromatic heterocycles. The summed E-state index contributed by atoms with van der Waals surface area (Å²) in [4.78, 5) is 26.8. The molecule has 0 bridgehead atoms. The van der Waals surface area contributed by atoms with Gasteiger partial charge in [-0.25, -0.2) is 0 Å². The van der Waals surface area contributed by atoms with Crippen molar-refractivity contribution in [2.45, 2.75) is 0 Å². The van der Waals surface area contributed by atoms with Crippen LogP contribution in [0.1, 0.15) is 0 Å². The van der Waals surface area contributed by atoms with E-state index in [2.05, 4.69) is 0 Å². The van der Waals surface area contributed by atoms with E-state index >= 15 is 0 Å². The molecule has 7 aromatic carbocycles. The van der Waals surface area contributed by atoms with E-state index in [1.54, 1.807) is 0 Å². The van der Waals surface area contributed by atoms with Crippen molar-refractivity contribution in [1.82, 2.24) is 0 Å². The van der Waals surface area contributed by atoms with Crippen LogP contribution >= 0.6 is 0 Å². The molecule has 0 amide bonds. The van der Waals surface area contributed by atoms with E-state index in [4.69, 9.17) is 0 Å². The molecule has 0 fully saturated rings. The molecule has 0 saturated heterocycles. The Bertz CT molecular complexity index is 1830. The van der Waals surface area contributed by atoms with Gasteiger partial charge in [-0.15, -0.1) is 0 Å². The Labute approximate surface area is 195 Å². The highest BCUT2D eigenvalue weighted by atomic mass is 16.1. The number of rotatable bonds is 2. The molecule has 34 heavy (non-hydrogen) atoms. The van der Waals surface area contributed by atoms with Crippen LogP contribution in [0.5, 0.6) is 0 Å². The highest BCUT2D eigenvalue weighted by molar-refractivity contribution is 6.21. The van der Waals surface area contributed by atoms with Crippen molar-refractivity contribution in [1.29, 1.82) is 0 Å². The minimum Gasteiger partial charge on any atom is -0.289 e. The molecule has 0 radical (unpaired) electrons. The second-order valence-electron chi connectivity index (χ2n) is 8.85. The molecule has 0 atom stereocenters. The molecule has 0 aliphatic heterocycles. The summed E-state index contributed by atoms with van der Waals surface area (Å²) >= 11 is 0. The van der Waals surface area contributed by atoms with Gasteiger partial charge in [0, 0.05) is 21.5 Å². The molecule has 0 aliphatic carbocycles. The average Bonchev–Trinajstić information content (AvgIpc) is 3.34. The Morgan fingerprint density at radius 2 is 0.676 bits per heavy atom. The summed E-state index contributed by atoms with van der Waals surface area (Å²) in [5.74, 6) is 0. The van der Waals surface area contributed by atoms with Gasteiger partial charge in [0.05, 0.1) is 0 Å². The molecule has 7 rings (SSSR count). The largest absolute Gasteiger partial charge is 0.289 e. The van der Waals surface area contributed by atoms with Crippen LogP contribution in [0, 0.1) is 0 Å². The molecule has 0 spiro atoms. The quantitative estimate of drug-likeness (QED) is 0.288. The van der Waals surface area contributed by atoms with Crippen LogP contribution in [-0.2, 0) is 0 Å². The number of fused-ring (bicyclic) bond motifs is 6. The third kappa shape index (κ3) is 2.63. The van der Waals surface area contributed by atoms with Gasteiger partial charge >= 0.3 is 0 Å². The van der Waals surface area contributed by atoms with Crippen LogP contribution in [0.15, 0.2) is 119 Å². The Morgan fingerprint density at radius 3 is 1.09 bits per heavy atom. The monoisotopic (exact) mass is 434 g/mol. The van der Waals surface area contributed by atoms with Crippen molar-refractivity contribution in [3.8, 4) is 22.3 Å². The Balaban J connectivity index is 1.50. The van der Waals surface area contributed by atoms with Gasteiger partial charge < -0.3 is 0 Å². The third-order valence-electron chi connectivity index (χ3n) is 6.97. The predicted octanol–water partition coefficient (Wildman–Crippen LogP) is 7.23. The number of hydrogen-bond acceptors (Lipinski definition) is 2. The number of benzene rings is 5. The van der Waals surface area contributed by atoms with Gasteiger partial charge in [-0.1, -0.05) is 84.9 Å². The van der Waals surface area contributed by atoms with Crippen molar-refractivity contribution in [2.24, 2.45) is 0 Å². The number of hydrogen-bond donors (Lipinski definition) is 0. The molecular weight excluding hydrogens is 416 g/mol. The lowest BCUT2D eigenvalue weighted by molar-refractivity contribution is 1.65. The van der Waals surface area contributed by atoms with Crippen molar-refractivity contribution < 1.29 is 0 Å². The molecule has 158 valence electrons. The maximum atomic E-state index is 13.4. The van der Waals surface area contributed by atoms with E-state index in [9.17, 15) is 9.59 Å². The van der Waals surface area contributed by atoms with E-state index in [0.717, 1.165) is 43.8 Å². The van der Waals surface area contributed by atoms with E-state index < -0.39 is 0 Å². The van der Waals surface area contributed by atoms with Crippen LogP contribution in [0.3, 0.4) is 0 Å². The topological polar surface area (TPSA) is 34.1 Å². The molecule has 2 nitrogen and oxygen atoms in total. The lowest BCUT2D eigenvalue weighted by Crippen LogP contribution is -1.95. The Morgan fingerprint density at radius 1 is 0.294 bits per heavy atom. The van der Waals surface area contributed by atoms with Crippen molar-refractivity contribution >= 4 is 43.1 Å². The van der Waals surface area contributed by atoms with Crippen LogP contribution in [0.25, 0.3) is 65.3 Å². The molecule has 2 heteroatoms. The van der Waals surface area contributed by atoms with Crippen molar-refractivity contribution in [3.05, 3.63) is 130 Å². The van der Waals surface area contributed by atoms with Gasteiger partial charge in [0.2, 0.25) is 0 Å².